The average molecular weight is 192 g/mol. The van der Waals surface area contributed by atoms with Gasteiger partial charge in [-0.15, -0.1) is 0 Å². The van der Waals surface area contributed by atoms with Crippen LogP contribution in [0.15, 0.2) is 0 Å². The first-order valence-electron chi connectivity index (χ1n) is 3.98. The molecule has 0 aromatic rings. The summed E-state index contributed by atoms with van der Waals surface area (Å²) >= 11 is 1.51. The van der Waals surface area contributed by atoms with Crippen LogP contribution in [0.4, 0.5) is 0 Å². The molecule has 0 aliphatic heterocycles. The number of aliphatic hydroxyl groups excluding tert-OH is 1. The molecule has 12 heavy (non-hydrogen) atoms. The Morgan fingerprint density at radius 2 is 1.92 bits per heavy atom. The molecule has 3 unspecified atom stereocenters. The summed E-state index contributed by atoms with van der Waals surface area (Å²) in [5.74, 6) is -0.784. The van der Waals surface area contributed by atoms with E-state index in [2.05, 4.69) is 0 Å². The van der Waals surface area contributed by atoms with Gasteiger partial charge < -0.3 is 10.2 Å². The fourth-order valence-corrected chi connectivity index (χ4v) is 1.97. The number of carboxylic acids is 1. The summed E-state index contributed by atoms with van der Waals surface area (Å²) < 4.78 is 0. The van der Waals surface area contributed by atoms with E-state index in [0.717, 1.165) is 0 Å². The van der Waals surface area contributed by atoms with Gasteiger partial charge in [0.1, 0.15) is 0 Å². The molecule has 0 aliphatic rings. The Morgan fingerprint density at radius 3 is 2.25 bits per heavy atom. The maximum absolute atomic E-state index is 10.3. The molecule has 0 fully saturated rings. The Hall–Kier alpha value is -0.220. The van der Waals surface area contributed by atoms with Crippen LogP contribution in [0.2, 0.25) is 0 Å². The van der Waals surface area contributed by atoms with Gasteiger partial charge in [-0.1, -0.05) is 13.8 Å². The summed E-state index contributed by atoms with van der Waals surface area (Å²) in [6.07, 6.45) is -0.229. The standard InChI is InChI=1S/C8H16O3S/c1-5(4-8(10)11)12-7(3)6(2)9/h5-7,9H,4H2,1-3H3,(H,10,11). The SMILES string of the molecule is CC(CC(=O)O)SC(C)C(C)O. The lowest BCUT2D eigenvalue weighted by Crippen LogP contribution is -2.19. The topological polar surface area (TPSA) is 57.5 Å². The molecule has 0 radical (unpaired) electrons. The lowest BCUT2D eigenvalue weighted by molar-refractivity contribution is -0.136. The van der Waals surface area contributed by atoms with Crippen LogP contribution < -0.4 is 0 Å². The molecule has 0 aromatic carbocycles. The van der Waals surface area contributed by atoms with Gasteiger partial charge in [-0.3, -0.25) is 4.79 Å². The molecular formula is C8H16O3S. The molecule has 2 N–H and O–H groups in total. The van der Waals surface area contributed by atoms with E-state index in [1.54, 1.807) is 6.92 Å². The van der Waals surface area contributed by atoms with Crippen LogP contribution in [0.1, 0.15) is 27.2 Å². The lowest BCUT2D eigenvalue weighted by atomic mass is 10.3. The largest absolute Gasteiger partial charge is 0.481 e. The third kappa shape index (κ3) is 5.43. The minimum atomic E-state index is -0.784. The number of carboxylic acid groups (broad SMARTS) is 1. The van der Waals surface area contributed by atoms with Gasteiger partial charge >= 0.3 is 5.97 Å². The van der Waals surface area contributed by atoms with Crippen molar-refractivity contribution >= 4 is 17.7 Å². The summed E-state index contributed by atoms with van der Waals surface area (Å²) in [6.45, 7) is 5.47. The van der Waals surface area contributed by atoms with E-state index in [1.165, 1.54) is 11.8 Å². The highest BCUT2D eigenvalue weighted by molar-refractivity contribution is 8.00. The van der Waals surface area contributed by atoms with Crippen molar-refractivity contribution in [3.05, 3.63) is 0 Å². The van der Waals surface area contributed by atoms with Crippen LogP contribution in [0.25, 0.3) is 0 Å². The van der Waals surface area contributed by atoms with Crippen LogP contribution in [0.3, 0.4) is 0 Å². The Labute approximate surface area is 77.2 Å². The Balaban J connectivity index is 3.68. The number of aliphatic hydroxyl groups is 1. The summed E-state index contributed by atoms with van der Waals surface area (Å²) in [5, 5.41) is 17.8. The number of hydrogen-bond donors (Lipinski definition) is 2. The molecule has 4 heteroatoms. The van der Waals surface area contributed by atoms with Gasteiger partial charge in [0.15, 0.2) is 0 Å². The van der Waals surface area contributed by atoms with Crippen LogP contribution in [0, 0.1) is 0 Å². The molecule has 0 bridgehead atoms. The molecule has 0 aliphatic carbocycles. The Kier molecular flexibility index (Phi) is 5.33. The number of hydrogen-bond acceptors (Lipinski definition) is 3. The fraction of sp³-hybridized carbons (Fsp3) is 0.875. The summed E-state index contributed by atoms with van der Waals surface area (Å²) in [4.78, 5) is 10.3. The molecule has 0 heterocycles. The Bertz CT molecular complexity index is 147. The minimum Gasteiger partial charge on any atom is -0.481 e. The van der Waals surface area contributed by atoms with Crippen LogP contribution in [-0.4, -0.2) is 32.8 Å². The van der Waals surface area contributed by atoms with Crippen LogP contribution >= 0.6 is 11.8 Å². The van der Waals surface area contributed by atoms with E-state index in [9.17, 15) is 4.79 Å². The first-order valence-corrected chi connectivity index (χ1v) is 4.93. The zero-order valence-corrected chi connectivity index (χ0v) is 8.47. The number of thioether (sulfide) groups is 1. The highest BCUT2D eigenvalue weighted by Crippen LogP contribution is 2.22. The molecule has 0 saturated carbocycles. The van der Waals surface area contributed by atoms with Crippen molar-refractivity contribution in [1.82, 2.24) is 0 Å². The van der Waals surface area contributed by atoms with Crippen molar-refractivity contribution in [2.45, 2.75) is 43.8 Å². The van der Waals surface area contributed by atoms with Crippen molar-refractivity contribution in [1.29, 1.82) is 0 Å². The molecule has 0 saturated heterocycles. The molecular weight excluding hydrogens is 176 g/mol. The van der Waals surface area contributed by atoms with Crippen molar-refractivity contribution in [3.63, 3.8) is 0 Å². The first kappa shape index (κ1) is 11.8. The van der Waals surface area contributed by atoms with Gasteiger partial charge in [0, 0.05) is 10.5 Å². The zero-order chi connectivity index (χ0) is 9.72. The molecule has 0 rings (SSSR count). The third-order valence-electron chi connectivity index (χ3n) is 1.59. The monoisotopic (exact) mass is 192 g/mol. The number of aliphatic carboxylic acids is 1. The van der Waals surface area contributed by atoms with Crippen LogP contribution in [-0.2, 0) is 4.79 Å². The average Bonchev–Trinajstić information content (AvgIpc) is 1.84. The molecule has 0 spiro atoms. The second-order valence-corrected chi connectivity index (χ2v) is 4.81. The van der Waals surface area contributed by atoms with Gasteiger partial charge in [-0.05, 0) is 6.92 Å². The van der Waals surface area contributed by atoms with E-state index >= 15 is 0 Å². The second-order valence-electron chi connectivity index (χ2n) is 2.99. The smallest absolute Gasteiger partial charge is 0.304 e. The Morgan fingerprint density at radius 1 is 1.42 bits per heavy atom. The highest BCUT2D eigenvalue weighted by atomic mass is 32.2. The van der Waals surface area contributed by atoms with Gasteiger partial charge in [0.05, 0.1) is 12.5 Å². The lowest BCUT2D eigenvalue weighted by Gasteiger charge is -2.17. The highest BCUT2D eigenvalue weighted by Gasteiger charge is 2.15. The van der Waals surface area contributed by atoms with Crippen molar-refractivity contribution in [2.24, 2.45) is 0 Å². The first-order chi connectivity index (χ1) is 5.43. The van der Waals surface area contributed by atoms with E-state index in [-0.39, 0.29) is 23.0 Å². The number of rotatable bonds is 5. The zero-order valence-electron chi connectivity index (χ0n) is 7.65. The van der Waals surface area contributed by atoms with Gasteiger partial charge in [-0.2, -0.15) is 11.8 Å². The molecule has 3 nitrogen and oxygen atoms in total. The minimum absolute atomic E-state index is 0.0621. The van der Waals surface area contributed by atoms with E-state index in [1.807, 2.05) is 13.8 Å². The molecule has 72 valence electrons. The predicted molar refractivity (Wildman–Crippen MR) is 50.4 cm³/mol. The molecule has 3 atom stereocenters. The van der Waals surface area contributed by atoms with Crippen molar-refractivity contribution in [2.75, 3.05) is 0 Å². The van der Waals surface area contributed by atoms with Gasteiger partial charge in [0.25, 0.3) is 0 Å². The van der Waals surface area contributed by atoms with Gasteiger partial charge in [-0.25, -0.2) is 0 Å². The predicted octanol–water partition coefficient (Wildman–Crippen LogP) is 1.35. The summed E-state index contributed by atoms with van der Waals surface area (Å²) in [5.41, 5.74) is 0. The molecule has 0 aromatic heterocycles. The van der Waals surface area contributed by atoms with Gasteiger partial charge in [0.2, 0.25) is 0 Å². The van der Waals surface area contributed by atoms with E-state index in [0.29, 0.717) is 0 Å². The second kappa shape index (κ2) is 5.43. The van der Waals surface area contributed by atoms with E-state index < -0.39 is 5.97 Å². The molecule has 0 amide bonds. The maximum Gasteiger partial charge on any atom is 0.304 e. The van der Waals surface area contributed by atoms with Crippen molar-refractivity contribution in [3.8, 4) is 0 Å². The fourth-order valence-electron chi connectivity index (χ4n) is 0.774. The summed E-state index contributed by atoms with van der Waals surface area (Å²) in [7, 11) is 0. The maximum atomic E-state index is 10.3. The third-order valence-corrected chi connectivity index (χ3v) is 3.04. The number of carbonyl (C=O) groups is 1. The normalized spacial score (nSPS) is 18.3. The van der Waals surface area contributed by atoms with Crippen molar-refractivity contribution < 1.29 is 15.0 Å². The van der Waals surface area contributed by atoms with E-state index in [4.69, 9.17) is 10.2 Å². The quantitative estimate of drug-likeness (QED) is 0.690. The van der Waals surface area contributed by atoms with Crippen LogP contribution in [0.5, 0.6) is 0 Å². The summed E-state index contributed by atoms with van der Waals surface area (Å²) in [6, 6.07) is 0.